The van der Waals surface area contributed by atoms with Crippen molar-refractivity contribution in [1.29, 1.82) is 0 Å². The molecule has 0 saturated heterocycles. The number of ether oxygens (including phenoxy) is 1. The van der Waals surface area contributed by atoms with Crippen LogP contribution < -0.4 is 5.56 Å². The number of H-pyrrole nitrogens is 1. The fourth-order valence-electron chi connectivity index (χ4n) is 4.43. The molecule has 0 radical (unpaired) electrons. The van der Waals surface area contributed by atoms with E-state index in [0.717, 1.165) is 27.8 Å². The molecule has 0 fully saturated rings. The number of hydrogen-bond donors (Lipinski definition) is 1. The van der Waals surface area contributed by atoms with Gasteiger partial charge in [-0.25, -0.2) is 4.68 Å². The maximum atomic E-state index is 13.1. The lowest BCUT2D eigenvalue weighted by Gasteiger charge is -2.29. The van der Waals surface area contributed by atoms with Crippen molar-refractivity contribution in [2.45, 2.75) is 59.8 Å². The number of fused-ring (bicyclic) bond motifs is 1. The zero-order valence-corrected chi connectivity index (χ0v) is 20.4. The average molecular weight is 479 g/mol. The number of tetrazole rings is 1. The van der Waals surface area contributed by atoms with Gasteiger partial charge in [0.25, 0.3) is 5.56 Å². The SMILES string of the molecule is CCOC(=O)Cn1nnnc1C(CC)N(Cc1ccco1)Cc1cc2c(C)cc(C)cc2[nH]c1=O. The monoisotopic (exact) mass is 478 g/mol. The Morgan fingerprint density at radius 2 is 2.06 bits per heavy atom. The molecule has 0 bridgehead atoms. The molecule has 35 heavy (non-hydrogen) atoms. The second kappa shape index (κ2) is 10.6. The van der Waals surface area contributed by atoms with E-state index < -0.39 is 5.97 Å². The lowest BCUT2D eigenvalue weighted by atomic mass is 10.0. The number of carbonyl (C=O) groups is 1. The highest BCUT2D eigenvalue weighted by atomic mass is 16.5. The number of aromatic nitrogens is 5. The van der Waals surface area contributed by atoms with E-state index in [2.05, 4.69) is 31.5 Å². The first-order chi connectivity index (χ1) is 16.9. The fourth-order valence-corrected chi connectivity index (χ4v) is 4.43. The standard InChI is InChI=1S/C25H30N6O4/c1-5-22(24-27-28-29-31(24)15-23(32)34-6-2)30(14-19-8-7-9-35-19)13-18-12-20-17(4)10-16(3)11-21(20)26-25(18)33/h7-12,22H,5-6,13-15H2,1-4H3,(H,26,33). The lowest BCUT2D eigenvalue weighted by molar-refractivity contribution is -0.144. The summed E-state index contributed by atoms with van der Waals surface area (Å²) < 4.78 is 12.1. The Kier molecular flexibility index (Phi) is 7.40. The molecule has 0 aliphatic heterocycles. The van der Waals surface area contributed by atoms with Crippen LogP contribution in [0.4, 0.5) is 0 Å². The summed E-state index contributed by atoms with van der Waals surface area (Å²) in [5, 5.41) is 13.0. The van der Waals surface area contributed by atoms with Crippen LogP contribution in [0.15, 0.2) is 45.8 Å². The van der Waals surface area contributed by atoms with Gasteiger partial charge in [0.2, 0.25) is 0 Å². The van der Waals surface area contributed by atoms with Crippen LogP contribution in [0.25, 0.3) is 10.9 Å². The van der Waals surface area contributed by atoms with Crippen LogP contribution in [0.2, 0.25) is 0 Å². The number of nitrogens with zero attached hydrogens (tertiary/aromatic N) is 5. The van der Waals surface area contributed by atoms with Crippen LogP contribution in [0.3, 0.4) is 0 Å². The van der Waals surface area contributed by atoms with Crippen LogP contribution >= 0.6 is 0 Å². The van der Waals surface area contributed by atoms with Gasteiger partial charge in [-0.15, -0.1) is 5.10 Å². The molecular weight excluding hydrogens is 448 g/mol. The summed E-state index contributed by atoms with van der Waals surface area (Å²) in [4.78, 5) is 30.3. The molecule has 3 aromatic heterocycles. The molecule has 10 heteroatoms. The molecule has 1 aromatic carbocycles. The quantitative estimate of drug-likeness (QED) is 0.344. The van der Waals surface area contributed by atoms with Crippen LogP contribution in [0.1, 0.15) is 54.6 Å². The van der Waals surface area contributed by atoms with Gasteiger partial charge in [-0.1, -0.05) is 13.0 Å². The molecule has 1 unspecified atom stereocenters. The minimum Gasteiger partial charge on any atom is -0.468 e. The van der Waals surface area contributed by atoms with Crippen LogP contribution in [0.5, 0.6) is 0 Å². The van der Waals surface area contributed by atoms with Gasteiger partial charge < -0.3 is 14.1 Å². The maximum Gasteiger partial charge on any atom is 0.327 e. The lowest BCUT2D eigenvalue weighted by Crippen LogP contribution is -2.33. The van der Waals surface area contributed by atoms with Crippen molar-refractivity contribution in [2.75, 3.05) is 6.61 Å². The number of aromatic amines is 1. The van der Waals surface area contributed by atoms with Crippen molar-refractivity contribution >= 4 is 16.9 Å². The molecule has 3 heterocycles. The fraction of sp³-hybridized carbons (Fsp3) is 0.400. The normalized spacial score (nSPS) is 12.4. The number of carbonyl (C=O) groups excluding carboxylic acids is 1. The molecule has 0 amide bonds. The third kappa shape index (κ3) is 5.48. The number of furan rings is 1. The predicted octanol–water partition coefficient (Wildman–Crippen LogP) is 3.44. The van der Waals surface area contributed by atoms with Crippen LogP contribution in [-0.4, -0.2) is 42.7 Å². The summed E-state index contributed by atoms with van der Waals surface area (Å²) >= 11 is 0. The van der Waals surface area contributed by atoms with E-state index in [4.69, 9.17) is 9.15 Å². The molecule has 0 aliphatic rings. The van der Waals surface area contributed by atoms with Crippen LogP contribution in [-0.2, 0) is 29.2 Å². The van der Waals surface area contributed by atoms with Gasteiger partial charge >= 0.3 is 5.97 Å². The Balaban J connectivity index is 1.71. The predicted molar refractivity (Wildman–Crippen MR) is 129 cm³/mol. The van der Waals surface area contributed by atoms with Gasteiger partial charge in [0.05, 0.1) is 25.5 Å². The Bertz CT molecular complexity index is 1360. The maximum absolute atomic E-state index is 13.1. The number of hydrogen-bond acceptors (Lipinski definition) is 8. The summed E-state index contributed by atoms with van der Waals surface area (Å²) in [5.74, 6) is 0.859. The van der Waals surface area contributed by atoms with Crippen molar-refractivity contribution < 1.29 is 13.9 Å². The highest BCUT2D eigenvalue weighted by Crippen LogP contribution is 2.27. The average Bonchev–Trinajstić information content (AvgIpc) is 3.48. The number of aryl methyl sites for hydroxylation is 2. The number of esters is 1. The Hall–Kier alpha value is -3.79. The third-order valence-corrected chi connectivity index (χ3v) is 5.97. The number of nitrogens with one attached hydrogen (secondary N) is 1. The third-order valence-electron chi connectivity index (χ3n) is 5.97. The van der Waals surface area contributed by atoms with E-state index in [0.29, 0.717) is 30.9 Å². The molecule has 0 saturated carbocycles. The van der Waals surface area contributed by atoms with E-state index in [9.17, 15) is 9.59 Å². The van der Waals surface area contributed by atoms with Crippen molar-refractivity contribution in [3.63, 3.8) is 0 Å². The first-order valence-electron chi connectivity index (χ1n) is 11.7. The van der Waals surface area contributed by atoms with Gasteiger partial charge in [-0.05, 0) is 73.0 Å². The minimum atomic E-state index is -0.412. The zero-order valence-electron chi connectivity index (χ0n) is 20.4. The molecule has 4 aromatic rings. The van der Waals surface area contributed by atoms with E-state index in [-0.39, 0.29) is 24.8 Å². The first-order valence-corrected chi connectivity index (χ1v) is 11.7. The summed E-state index contributed by atoms with van der Waals surface area (Å²) in [6, 6.07) is 9.47. The van der Waals surface area contributed by atoms with E-state index in [1.165, 1.54) is 4.68 Å². The Morgan fingerprint density at radius 1 is 1.23 bits per heavy atom. The molecule has 0 aliphatic carbocycles. The summed E-state index contributed by atoms with van der Waals surface area (Å²) in [7, 11) is 0. The van der Waals surface area contributed by atoms with E-state index in [1.54, 1.807) is 13.2 Å². The molecule has 4 rings (SSSR count). The van der Waals surface area contributed by atoms with Crippen LogP contribution in [0, 0.1) is 13.8 Å². The van der Waals surface area contributed by atoms with Crippen molar-refractivity contribution in [2.24, 2.45) is 0 Å². The summed E-state index contributed by atoms with van der Waals surface area (Å²) in [6.07, 6.45) is 2.27. The highest BCUT2D eigenvalue weighted by Gasteiger charge is 2.27. The molecule has 184 valence electrons. The van der Waals surface area contributed by atoms with Gasteiger partial charge in [0.15, 0.2) is 5.82 Å². The molecule has 1 atom stereocenters. The molecule has 10 nitrogen and oxygen atoms in total. The minimum absolute atomic E-state index is 0.0869. The highest BCUT2D eigenvalue weighted by molar-refractivity contribution is 5.83. The van der Waals surface area contributed by atoms with Crippen molar-refractivity contribution in [3.8, 4) is 0 Å². The zero-order chi connectivity index (χ0) is 24.9. The van der Waals surface area contributed by atoms with Crippen molar-refractivity contribution in [3.05, 3.63) is 75.2 Å². The van der Waals surface area contributed by atoms with Gasteiger partial charge in [-0.2, -0.15) is 0 Å². The smallest absolute Gasteiger partial charge is 0.327 e. The summed E-state index contributed by atoms with van der Waals surface area (Å²) in [5.41, 5.74) is 3.49. The topological polar surface area (TPSA) is 119 Å². The molecule has 0 spiro atoms. The van der Waals surface area contributed by atoms with Crippen molar-refractivity contribution in [1.82, 2.24) is 30.1 Å². The number of pyridine rings is 1. The Morgan fingerprint density at radius 3 is 2.77 bits per heavy atom. The van der Waals surface area contributed by atoms with E-state index >= 15 is 0 Å². The summed E-state index contributed by atoms with van der Waals surface area (Å²) in [6.45, 7) is 8.78. The first kappa shape index (κ1) is 24.3. The molecule has 1 N–H and O–H groups in total. The Labute approximate surface area is 202 Å². The second-order valence-electron chi connectivity index (χ2n) is 8.57. The largest absolute Gasteiger partial charge is 0.468 e. The number of benzene rings is 1. The van der Waals surface area contributed by atoms with Gasteiger partial charge in [0.1, 0.15) is 12.3 Å². The second-order valence-corrected chi connectivity index (χ2v) is 8.57. The van der Waals surface area contributed by atoms with Gasteiger partial charge in [-0.3, -0.25) is 14.5 Å². The van der Waals surface area contributed by atoms with Gasteiger partial charge in [0, 0.05) is 23.0 Å². The molecular formula is C25H30N6O4. The van der Waals surface area contributed by atoms with E-state index in [1.807, 2.05) is 45.0 Å². The number of rotatable bonds is 10.